The Labute approximate surface area is 195 Å². The van der Waals surface area contributed by atoms with Crippen molar-refractivity contribution in [2.24, 2.45) is 0 Å². The number of hydrogen-bond donors (Lipinski definition) is 3. The lowest BCUT2D eigenvalue weighted by Crippen LogP contribution is -2.28. The molecule has 0 spiro atoms. The average molecular weight is 464 g/mol. The van der Waals surface area contributed by atoms with E-state index in [1.54, 1.807) is 19.2 Å². The van der Waals surface area contributed by atoms with Crippen molar-refractivity contribution in [3.63, 3.8) is 0 Å². The SMILES string of the molecule is CCN(C)C(=O)c1c(Nc2cc(C3CC3)[nH]n2)ncnc1OCc1ccc2[nH]c(C)cc2c1F. The van der Waals surface area contributed by atoms with E-state index in [4.69, 9.17) is 4.74 Å². The number of hydrogen-bond acceptors (Lipinski definition) is 6. The van der Waals surface area contributed by atoms with Gasteiger partial charge in [0.2, 0.25) is 5.88 Å². The lowest BCUT2D eigenvalue weighted by atomic mass is 10.1. The first-order chi connectivity index (χ1) is 16.4. The number of carbonyl (C=O) groups excluding carboxylic acids is 1. The van der Waals surface area contributed by atoms with Gasteiger partial charge in [-0.05, 0) is 38.8 Å². The summed E-state index contributed by atoms with van der Waals surface area (Å²) in [5.41, 5.74) is 3.18. The smallest absolute Gasteiger partial charge is 0.262 e. The Morgan fingerprint density at radius 1 is 1.29 bits per heavy atom. The number of H-pyrrole nitrogens is 2. The molecule has 10 heteroatoms. The molecule has 1 aliphatic rings. The molecule has 0 radical (unpaired) electrons. The number of benzene rings is 1. The van der Waals surface area contributed by atoms with Crippen LogP contribution in [0.5, 0.6) is 5.88 Å². The Kier molecular flexibility index (Phi) is 5.64. The molecule has 3 N–H and O–H groups in total. The molecule has 0 unspecified atom stereocenters. The molecule has 3 heterocycles. The highest BCUT2D eigenvalue weighted by atomic mass is 19.1. The highest BCUT2D eigenvalue weighted by Gasteiger charge is 2.27. The normalized spacial score (nSPS) is 13.3. The van der Waals surface area contributed by atoms with Gasteiger partial charge < -0.3 is 19.9 Å². The minimum Gasteiger partial charge on any atom is -0.472 e. The number of fused-ring (bicyclic) bond motifs is 1. The molecule has 0 saturated heterocycles. The molecule has 5 rings (SSSR count). The van der Waals surface area contributed by atoms with Gasteiger partial charge in [0.1, 0.15) is 24.3 Å². The van der Waals surface area contributed by atoms with E-state index in [2.05, 4.69) is 30.5 Å². The first-order valence-electron chi connectivity index (χ1n) is 11.3. The second-order valence-electron chi connectivity index (χ2n) is 8.57. The molecule has 1 aliphatic carbocycles. The molecule has 0 atom stereocenters. The van der Waals surface area contributed by atoms with Crippen LogP contribution in [0.4, 0.5) is 16.0 Å². The predicted octanol–water partition coefficient (Wildman–Crippen LogP) is 4.42. The van der Waals surface area contributed by atoms with Crippen LogP contribution in [-0.2, 0) is 6.61 Å². The summed E-state index contributed by atoms with van der Waals surface area (Å²) in [7, 11) is 1.68. The third kappa shape index (κ3) is 4.18. The van der Waals surface area contributed by atoms with E-state index >= 15 is 4.39 Å². The van der Waals surface area contributed by atoms with Gasteiger partial charge in [-0.2, -0.15) is 5.10 Å². The van der Waals surface area contributed by atoms with Crippen molar-refractivity contribution in [1.82, 2.24) is 30.0 Å². The fourth-order valence-corrected chi connectivity index (χ4v) is 3.84. The van der Waals surface area contributed by atoms with Crippen molar-refractivity contribution < 1.29 is 13.9 Å². The first-order valence-corrected chi connectivity index (χ1v) is 11.3. The lowest BCUT2D eigenvalue weighted by Gasteiger charge is -2.19. The summed E-state index contributed by atoms with van der Waals surface area (Å²) in [6.45, 7) is 4.14. The van der Waals surface area contributed by atoms with Crippen LogP contribution in [0.1, 0.15) is 53.0 Å². The number of nitrogens with one attached hydrogen (secondary N) is 3. The zero-order chi connectivity index (χ0) is 23.8. The van der Waals surface area contributed by atoms with Crippen LogP contribution >= 0.6 is 0 Å². The van der Waals surface area contributed by atoms with E-state index < -0.39 is 0 Å². The van der Waals surface area contributed by atoms with Gasteiger partial charge in [-0.25, -0.2) is 14.4 Å². The lowest BCUT2D eigenvalue weighted by molar-refractivity contribution is 0.0797. The maximum atomic E-state index is 15.0. The fraction of sp³-hybridized carbons (Fsp3) is 0.333. The van der Waals surface area contributed by atoms with Crippen LogP contribution in [0.25, 0.3) is 10.9 Å². The fourth-order valence-electron chi connectivity index (χ4n) is 3.84. The monoisotopic (exact) mass is 463 g/mol. The number of carbonyl (C=O) groups is 1. The summed E-state index contributed by atoms with van der Waals surface area (Å²) in [5.74, 6) is 0.745. The molecule has 3 aromatic heterocycles. The van der Waals surface area contributed by atoms with Crippen LogP contribution in [0, 0.1) is 12.7 Å². The van der Waals surface area contributed by atoms with Crippen LogP contribution < -0.4 is 10.1 Å². The molecule has 34 heavy (non-hydrogen) atoms. The van der Waals surface area contributed by atoms with E-state index in [0.717, 1.165) is 29.7 Å². The van der Waals surface area contributed by atoms with Gasteiger partial charge in [-0.3, -0.25) is 9.89 Å². The molecule has 1 fully saturated rings. The third-order valence-electron chi connectivity index (χ3n) is 6.03. The van der Waals surface area contributed by atoms with E-state index in [0.29, 0.717) is 29.2 Å². The highest BCUT2D eigenvalue weighted by molar-refractivity contribution is 6.01. The first kappa shape index (κ1) is 21.9. The molecule has 176 valence electrons. The zero-order valence-corrected chi connectivity index (χ0v) is 19.3. The number of rotatable bonds is 8. The van der Waals surface area contributed by atoms with Crippen LogP contribution in [0.3, 0.4) is 0 Å². The number of anilines is 2. The van der Waals surface area contributed by atoms with Gasteiger partial charge in [0.15, 0.2) is 11.6 Å². The summed E-state index contributed by atoms with van der Waals surface area (Å²) in [5, 5.41) is 10.9. The number of ether oxygens (including phenoxy) is 1. The summed E-state index contributed by atoms with van der Waals surface area (Å²) in [6, 6.07) is 7.15. The van der Waals surface area contributed by atoms with Gasteiger partial charge in [0, 0.05) is 53.4 Å². The van der Waals surface area contributed by atoms with Crippen molar-refractivity contribution in [3.05, 3.63) is 58.9 Å². The van der Waals surface area contributed by atoms with Gasteiger partial charge >= 0.3 is 0 Å². The van der Waals surface area contributed by atoms with Crippen molar-refractivity contribution in [2.45, 2.75) is 39.2 Å². The highest BCUT2D eigenvalue weighted by Crippen LogP contribution is 2.40. The van der Waals surface area contributed by atoms with Gasteiger partial charge in [-0.1, -0.05) is 6.07 Å². The molecule has 4 aromatic rings. The Balaban J connectivity index is 1.45. The van der Waals surface area contributed by atoms with Crippen LogP contribution in [-0.4, -0.2) is 49.5 Å². The quantitative estimate of drug-likeness (QED) is 0.357. The largest absolute Gasteiger partial charge is 0.472 e. The predicted molar refractivity (Wildman–Crippen MR) is 126 cm³/mol. The summed E-state index contributed by atoms with van der Waals surface area (Å²) < 4.78 is 20.9. The number of aromatic amines is 2. The Bertz CT molecular complexity index is 1360. The third-order valence-corrected chi connectivity index (χ3v) is 6.03. The standard InChI is InChI=1S/C24H26FN7O2/c1-4-32(3)24(33)20-22(29-19-10-18(30-31-19)14-5-6-14)26-12-27-23(20)34-11-15-7-8-17-16(21(15)25)9-13(2)28-17/h7-10,12,14,28H,4-6,11H2,1-3H3,(H2,26,27,29,30,31). The molecular formula is C24H26FN7O2. The number of nitrogens with zero attached hydrogens (tertiary/aromatic N) is 4. The molecular weight excluding hydrogens is 437 g/mol. The number of aromatic nitrogens is 5. The Morgan fingerprint density at radius 3 is 2.88 bits per heavy atom. The van der Waals surface area contributed by atoms with E-state index in [1.165, 1.54) is 11.2 Å². The average Bonchev–Trinajstić information content (AvgIpc) is 3.46. The molecule has 1 amide bonds. The maximum Gasteiger partial charge on any atom is 0.262 e. The number of aryl methyl sites for hydroxylation is 1. The van der Waals surface area contributed by atoms with E-state index in [9.17, 15) is 4.79 Å². The number of amides is 1. The molecule has 1 aromatic carbocycles. The maximum absolute atomic E-state index is 15.0. The summed E-state index contributed by atoms with van der Waals surface area (Å²) >= 11 is 0. The van der Waals surface area contributed by atoms with Gasteiger partial charge in [0.25, 0.3) is 5.91 Å². The Hall–Kier alpha value is -3.95. The van der Waals surface area contributed by atoms with Crippen molar-refractivity contribution >= 4 is 28.4 Å². The van der Waals surface area contributed by atoms with E-state index in [1.807, 2.05) is 26.0 Å². The second-order valence-corrected chi connectivity index (χ2v) is 8.57. The Morgan fingerprint density at radius 2 is 2.12 bits per heavy atom. The minimum absolute atomic E-state index is 0.0745. The summed E-state index contributed by atoms with van der Waals surface area (Å²) in [6.07, 6.45) is 3.59. The zero-order valence-electron chi connectivity index (χ0n) is 19.3. The van der Waals surface area contributed by atoms with Crippen LogP contribution in [0.2, 0.25) is 0 Å². The molecule has 0 aliphatic heterocycles. The molecule has 1 saturated carbocycles. The molecule has 0 bridgehead atoms. The summed E-state index contributed by atoms with van der Waals surface area (Å²) in [4.78, 5) is 26.3. The van der Waals surface area contributed by atoms with Gasteiger partial charge in [0.05, 0.1) is 0 Å². The van der Waals surface area contributed by atoms with E-state index in [-0.39, 0.29) is 35.6 Å². The number of halogens is 1. The van der Waals surface area contributed by atoms with Crippen molar-refractivity contribution in [3.8, 4) is 5.88 Å². The van der Waals surface area contributed by atoms with Crippen LogP contribution in [0.15, 0.2) is 30.6 Å². The minimum atomic E-state index is -0.364. The van der Waals surface area contributed by atoms with Crippen molar-refractivity contribution in [1.29, 1.82) is 0 Å². The molecule has 9 nitrogen and oxygen atoms in total. The topological polar surface area (TPSA) is 112 Å². The van der Waals surface area contributed by atoms with Gasteiger partial charge in [-0.15, -0.1) is 0 Å². The second kappa shape index (κ2) is 8.77. The van der Waals surface area contributed by atoms with Crippen molar-refractivity contribution in [2.75, 3.05) is 18.9 Å².